The number of amides is 1. The van der Waals surface area contributed by atoms with E-state index in [9.17, 15) is 13.2 Å². The number of hydrogen-bond acceptors (Lipinski definition) is 7. The van der Waals surface area contributed by atoms with Crippen LogP contribution in [0.5, 0.6) is 0 Å². The minimum absolute atomic E-state index is 0.139. The van der Waals surface area contributed by atoms with Crippen molar-refractivity contribution in [2.45, 2.75) is 18.4 Å². The summed E-state index contributed by atoms with van der Waals surface area (Å²) in [4.78, 5) is 24.5. The number of aromatic nitrogens is 2. The zero-order valence-electron chi connectivity index (χ0n) is 19.4. The van der Waals surface area contributed by atoms with Crippen LogP contribution in [-0.2, 0) is 21.3 Å². The van der Waals surface area contributed by atoms with Crippen LogP contribution in [0.1, 0.15) is 21.6 Å². The molecule has 0 bridgehead atoms. The van der Waals surface area contributed by atoms with E-state index in [1.807, 2.05) is 37.3 Å². The molecule has 4 aromatic rings. The molecule has 1 aliphatic rings. The largest absolute Gasteiger partial charge is 0.379 e. The van der Waals surface area contributed by atoms with Gasteiger partial charge in [-0.25, -0.2) is 13.4 Å². The zero-order valence-corrected chi connectivity index (χ0v) is 21.8. The first-order valence-corrected chi connectivity index (χ1v) is 13.9. The van der Waals surface area contributed by atoms with E-state index in [1.54, 1.807) is 11.1 Å². The summed E-state index contributed by atoms with van der Waals surface area (Å²) in [6.07, 6.45) is 1.67. The highest BCUT2D eigenvalue weighted by atomic mass is 35.5. The lowest BCUT2D eigenvalue weighted by Gasteiger charge is -2.26. The Labute approximate surface area is 218 Å². The molecule has 0 aliphatic carbocycles. The Morgan fingerprint density at radius 3 is 2.53 bits per heavy atom. The number of anilines is 1. The number of hydrogen-bond donors (Lipinski definition) is 0. The van der Waals surface area contributed by atoms with Crippen LogP contribution in [0.2, 0.25) is 5.02 Å². The molecule has 3 heterocycles. The van der Waals surface area contributed by atoms with Gasteiger partial charge in [-0.05, 0) is 55.0 Å². The van der Waals surface area contributed by atoms with E-state index in [4.69, 9.17) is 21.3 Å². The third-order valence-electron chi connectivity index (χ3n) is 5.92. The summed E-state index contributed by atoms with van der Waals surface area (Å²) in [5.41, 5.74) is 2.74. The smallest absolute Gasteiger partial charge is 0.260 e. The first-order valence-electron chi connectivity index (χ1n) is 11.3. The van der Waals surface area contributed by atoms with E-state index in [2.05, 4.69) is 4.98 Å². The minimum Gasteiger partial charge on any atom is -0.379 e. The van der Waals surface area contributed by atoms with E-state index >= 15 is 0 Å². The van der Waals surface area contributed by atoms with Gasteiger partial charge in [-0.15, -0.1) is 0 Å². The molecule has 0 spiro atoms. The van der Waals surface area contributed by atoms with Crippen molar-refractivity contribution in [2.75, 3.05) is 31.2 Å². The highest BCUT2D eigenvalue weighted by molar-refractivity contribution is 7.89. The molecule has 36 heavy (non-hydrogen) atoms. The number of thiazole rings is 1. The molecule has 186 valence electrons. The van der Waals surface area contributed by atoms with Crippen molar-refractivity contribution in [2.24, 2.45) is 0 Å². The van der Waals surface area contributed by atoms with Gasteiger partial charge in [0, 0.05) is 24.8 Å². The van der Waals surface area contributed by atoms with Crippen molar-refractivity contribution in [1.29, 1.82) is 0 Å². The molecule has 0 saturated carbocycles. The molecule has 5 rings (SSSR count). The Balaban J connectivity index is 1.49. The third-order valence-corrected chi connectivity index (χ3v) is 9.37. The molecule has 2 aromatic carbocycles. The van der Waals surface area contributed by atoms with Gasteiger partial charge in [0.15, 0.2) is 5.13 Å². The Hall–Kier alpha value is -2.89. The van der Waals surface area contributed by atoms with Crippen LogP contribution in [0.4, 0.5) is 5.13 Å². The predicted molar refractivity (Wildman–Crippen MR) is 140 cm³/mol. The average Bonchev–Trinajstić information content (AvgIpc) is 3.37. The van der Waals surface area contributed by atoms with Gasteiger partial charge in [0.2, 0.25) is 10.0 Å². The van der Waals surface area contributed by atoms with Gasteiger partial charge in [-0.1, -0.05) is 35.1 Å². The van der Waals surface area contributed by atoms with Crippen LogP contribution < -0.4 is 4.90 Å². The molecule has 0 N–H and O–H groups in total. The normalized spacial score (nSPS) is 14.7. The maximum absolute atomic E-state index is 13.7. The van der Waals surface area contributed by atoms with E-state index in [1.165, 1.54) is 39.9 Å². The maximum atomic E-state index is 13.7. The van der Waals surface area contributed by atoms with Crippen molar-refractivity contribution >= 4 is 54.2 Å². The Bertz CT molecular complexity index is 1460. The second kappa shape index (κ2) is 10.2. The summed E-state index contributed by atoms with van der Waals surface area (Å²) in [6, 6.07) is 15.2. The Morgan fingerprint density at radius 2 is 1.86 bits per heavy atom. The Kier molecular flexibility index (Phi) is 7.05. The standard InChI is InChI=1S/C25H23ClN4O4S2/c1-17-5-10-21(26)23-22(17)28-25(35-23)30(16-19-4-2-3-11-27-19)24(31)18-6-8-20(9-7-18)36(32,33)29-12-14-34-15-13-29/h2-11H,12-16H2,1H3. The first kappa shape index (κ1) is 24.8. The van der Waals surface area contributed by atoms with Gasteiger partial charge in [0.1, 0.15) is 0 Å². The second-order valence-corrected chi connectivity index (χ2v) is 11.6. The maximum Gasteiger partial charge on any atom is 0.260 e. The molecular formula is C25H23ClN4O4S2. The predicted octanol–water partition coefficient (Wildman–Crippen LogP) is 4.52. The van der Waals surface area contributed by atoms with Gasteiger partial charge in [-0.3, -0.25) is 14.7 Å². The van der Waals surface area contributed by atoms with Crippen LogP contribution in [0, 0.1) is 6.92 Å². The number of fused-ring (bicyclic) bond motifs is 1. The van der Waals surface area contributed by atoms with E-state index in [0.29, 0.717) is 47.7 Å². The quantitative estimate of drug-likeness (QED) is 0.355. The average molecular weight is 543 g/mol. The summed E-state index contributed by atoms with van der Waals surface area (Å²) in [5, 5.41) is 1.06. The van der Waals surface area contributed by atoms with Gasteiger partial charge in [0.05, 0.1) is 45.6 Å². The molecule has 0 unspecified atom stereocenters. The number of morpholine rings is 1. The van der Waals surface area contributed by atoms with Crippen LogP contribution in [0.25, 0.3) is 10.2 Å². The highest BCUT2D eigenvalue weighted by Gasteiger charge is 2.28. The molecule has 8 nitrogen and oxygen atoms in total. The number of halogens is 1. The molecule has 2 aromatic heterocycles. The number of carbonyl (C=O) groups excluding carboxylic acids is 1. The van der Waals surface area contributed by atoms with Crippen LogP contribution in [0.3, 0.4) is 0 Å². The highest BCUT2D eigenvalue weighted by Crippen LogP contribution is 2.36. The third kappa shape index (κ3) is 4.87. The lowest BCUT2D eigenvalue weighted by atomic mass is 10.2. The van der Waals surface area contributed by atoms with Gasteiger partial charge >= 0.3 is 0 Å². The van der Waals surface area contributed by atoms with Crippen LogP contribution >= 0.6 is 22.9 Å². The number of nitrogens with zero attached hydrogens (tertiary/aromatic N) is 4. The summed E-state index contributed by atoms with van der Waals surface area (Å²) < 4.78 is 33.4. The van der Waals surface area contributed by atoms with Crippen molar-refractivity contribution < 1.29 is 17.9 Å². The Morgan fingerprint density at radius 1 is 1.11 bits per heavy atom. The van der Waals surface area contributed by atoms with Crippen LogP contribution in [0.15, 0.2) is 65.7 Å². The first-order chi connectivity index (χ1) is 17.3. The summed E-state index contributed by atoms with van der Waals surface area (Å²) in [7, 11) is -3.66. The molecule has 0 atom stereocenters. The summed E-state index contributed by atoms with van der Waals surface area (Å²) >= 11 is 7.75. The number of carbonyl (C=O) groups is 1. The SMILES string of the molecule is Cc1ccc(Cl)c2sc(N(Cc3ccccn3)C(=O)c3ccc(S(=O)(=O)N4CCOCC4)cc3)nc12. The summed E-state index contributed by atoms with van der Waals surface area (Å²) in [5.74, 6) is -0.316. The monoisotopic (exact) mass is 542 g/mol. The number of rotatable bonds is 6. The number of aryl methyl sites for hydroxylation is 1. The number of benzene rings is 2. The fourth-order valence-electron chi connectivity index (χ4n) is 3.95. The van der Waals surface area contributed by atoms with Gasteiger partial charge in [0.25, 0.3) is 5.91 Å². The molecule has 0 radical (unpaired) electrons. The van der Waals surface area contributed by atoms with Crippen LogP contribution in [-0.4, -0.2) is 54.9 Å². The van der Waals surface area contributed by atoms with Crippen molar-refractivity contribution in [3.05, 3.63) is 82.6 Å². The lowest BCUT2D eigenvalue weighted by Crippen LogP contribution is -2.40. The topological polar surface area (TPSA) is 92.7 Å². The molecule has 1 saturated heterocycles. The number of pyridine rings is 1. The van der Waals surface area contributed by atoms with Crippen molar-refractivity contribution in [3.63, 3.8) is 0 Å². The minimum atomic E-state index is -3.66. The van der Waals surface area contributed by atoms with Gasteiger partial charge < -0.3 is 4.74 Å². The molecule has 1 fully saturated rings. The number of ether oxygens (including phenoxy) is 1. The van der Waals surface area contributed by atoms with E-state index < -0.39 is 10.0 Å². The second-order valence-electron chi connectivity index (χ2n) is 8.29. The summed E-state index contributed by atoms with van der Waals surface area (Å²) in [6.45, 7) is 3.49. The zero-order chi connectivity index (χ0) is 25.3. The van der Waals surface area contributed by atoms with Crippen molar-refractivity contribution in [1.82, 2.24) is 14.3 Å². The molecular weight excluding hydrogens is 520 g/mol. The molecule has 1 amide bonds. The van der Waals surface area contributed by atoms with Gasteiger partial charge in [-0.2, -0.15) is 4.31 Å². The van der Waals surface area contributed by atoms with E-state index in [0.717, 1.165) is 15.8 Å². The van der Waals surface area contributed by atoms with Crippen molar-refractivity contribution in [3.8, 4) is 0 Å². The van der Waals surface area contributed by atoms with E-state index in [-0.39, 0.29) is 17.3 Å². The number of sulfonamides is 1. The fourth-order valence-corrected chi connectivity index (χ4v) is 6.67. The molecule has 1 aliphatic heterocycles. The fraction of sp³-hybridized carbons (Fsp3) is 0.240. The molecule has 11 heteroatoms. The lowest BCUT2D eigenvalue weighted by molar-refractivity contribution is 0.0730.